The third-order valence-electron chi connectivity index (χ3n) is 5.52. The molecule has 0 atom stereocenters. The van der Waals surface area contributed by atoms with Crippen molar-refractivity contribution in [3.8, 4) is 0 Å². The van der Waals surface area contributed by atoms with Gasteiger partial charge in [0.1, 0.15) is 11.0 Å². The van der Waals surface area contributed by atoms with Crippen LogP contribution in [0, 0.1) is 0 Å². The fourth-order valence-electron chi connectivity index (χ4n) is 3.79. The summed E-state index contributed by atoms with van der Waals surface area (Å²) in [7, 11) is 2.06. The molecule has 2 amide bonds. The molecule has 2 aromatic carbocycles. The maximum absolute atomic E-state index is 13.0. The number of fused-ring (bicyclic) bond motifs is 3. The molecular weight excluding hydrogens is 438 g/mol. The van der Waals surface area contributed by atoms with Crippen molar-refractivity contribution in [3.05, 3.63) is 47.6 Å². The Morgan fingerprint density at radius 1 is 1.00 bits per heavy atom. The Morgan fingerprint density at radius 3 is 2.58 bits per heavy atom. The average molecular weight is 462 g/mol. The smallest absolute Gasteiger partial charge is 0.282 e. The Balaban J connectivity index is 1.45. The molecule has 5 rings (SSSR count). The molecule has 0 spiro atoms. The Labute approximate surface area is 194 Å². The number of likely N-dealkylation sites (N-methyl/N-ethyl adjacent to an activating group) is 1. The summed E-state index contributed by atoms with van der Waals surface area (Å²) in [6.07, 6.45) is 1.74. The molecule has 1 fully saturated rings. The predicted molar refractivity (Wildman–Crippen MR) is 130 cm³/mol. The van der Waals surface area contributed by atoms with E-state index in [1.165, 1.54) is 18.3 Å². The first-order valence-electron chi connectivity index (χ1n) is 10.6. The molecule has 0 saturated carbocycles. The van der Waals surface area contributed by atoms with Gasteiger partial charge in [-0.3, -0.25) is 9.59 Å². The summed E-state index contributed by atoms with van der Waals surface area (Å²) >= 11 is 1.40. The minimum atomic E-state index is -0.137. The van der Waals surface area contributed by atoms with Gasteiger partial charge in [0.25, 0.3) is 5.91 Å². The first kappa shape index (κ1) is 21.2. The van der Waals surface area contributed by atoms with E-state index < -0.39 is 0 Å². The van der Waals surface area contributed by atoms with E-state index in [2.05, 4.69) is 37.5 Å². The van der Waals surface area contributed by atoms with Crippen molar-refractivity contribution in [3.63, 3.8) is 0 Å². The maximum atomic E-state index is 13.0. The van der Waals surface area contributed by atoms with Gasteiger partial charge in [0.05, 0.1) is 4.70 Å². The van der Waals surface area contributed by atoms with Crippen molar-refractivity contribution in [1.29, 1.82) is 0 Å². The van der Waals surface area contributed by atoms with Gasteiger partial charge in [-0.2, -0.15) is 0 Å². The topological polar surface area (TPSA) is 103 Å². The van der Waals surface area contributed by atoms with E-state index in [0.717, 1.165) is 28.9 Å². The molecule has 168 valence electrons. The van der Waals surface area contributed by atoms with Gasteiger partial charge in [0.2, 0.25) is 11.9 Å². The van der Waals surface area contributed by atoms with Gasteiger partial charge >= 0.3 is 0 Å². The fourth-order valence-corrected chi connectivity index (χ4v) is 4.72. The second kappa shape index (κ2) is 8.72. The zero-order valence-corrected chi connectivity index (χ0v) is 19.1. The Bertz CT molecular complexity index is 1360. The van der Waals surface area contributed by atoms with E-state index in [9.17, 15) is 9.59 Å². The van der Waals surface area contributed by atoms with Crippen LogP contribution >= 0.6 is 11.3 Å². The third kappa shape index (κ3) is 4.48. The summed E-state index contributed by atoms with van der Waals surface area (Å²) in [6.45, 7) is 4.61. The molecule has 9 nitrogen and oxygen atoms in total. The number of carbonyl (C=O) groups is 2. The van der Waals surface area contributed by atoms with E-state index in [1.54, 1.807) is 6.20 Å². The molecule has 0 unspecified atom stereocenters. The highest BCUT2D eigenvalue weighted by atomic mass is 32.1. The van der Waals surface area contributed by atoms with Gasteiger partial charge in [0, 0.05) is 56.1 Å². The summed E-state index contributed by atoms with van der Waals surface area (Å²) in [5.74, 6) is 0.247. The lowest BCUT2D eigenvalue weighted by Gasteiger charge is -2.31. The molecule has 1 aliphatic rings. The molecule has 0 radical (unpaired) electrons. The van der Waals surface area contributed by atoms with Crippen LogP contribution in [0.1, 0.15) is 16.7 Å². The standard InChI is InChI=1S/C23H23N7O2S/c1-14(31)25-16-4-3-5-17(12-16)26-23-24-13-15-6-7-18-20(19(15)28-23)27-21(33-18)22(32)30-10-8-29(2)9-11-30/h3-7,12-13H,8-11H2,1-2H3,(H,25,31)(H,24,26,28). The van der Waals surface area contributed by atoms with Crippen molar-refractivity contribution >= 4 is 61.6 Å². The second-order valence-corrected chi connectivity index (χ2v) is 9.08. The molecule has 4 aromatic rings. The van der Waals surface area contributed by atoms with Crippen molar-refractivity contribution in [2.24, 2.45) is 0 Å². The zero-order valence-electron chi connectivity index (χ0n) is 18.3. The van der Waals surface area contributed by atoms with Crippen molar-refractivity contribution in [2.75, 3.05) is 43.9 Å². The lowest BCUT2D eigenvalue weighted by molar-refractivity contribution is -0.114. The van der Waals surface area contributed by atoms with Gasteiger partial charge in [-0.05, 0) is 37.4 Å². The van der Waals surface area contributed by atoms with E-state index >= 15 is 0 Å². The fraction of sp³-hybridized carbons (Fsp3) is 0.261. The molecular formula is C23H23N7O2S. The summed E-state index contributed by atoms with van der Waals surface area (Å²) < 4.78 is 0.914. The summed E-state index contributed by atoms with van der Waals surface area (Å²) in [5, 5.41) is 7.28. The summed E-state index contributed by atoms with van der Waals surface area (Å²) in [6, 6.07) is 11.2. The number of anilines is 3. The van der Waals surface area contributed by atoms with E-state index in [-0.39, 0.29) is 11.8 Å². The highest BCUT2D eigenvalue weighted by molar-refractivity contribution is 7.20. The average Bonchev–Trinajstić information content (AvgIpc) is 3.24. The molecule has 33 heavy (non-hydrogen) atoms. The van der Waals surface area contributed by atoms with E-state index in [0.29, 0.717) is 40.8 Å². The number of hydrogen-bond donors (Lipinski definition) is 2. The lowest BCUT2D eigenvalue weighted by atomic mass is 10.2. The summed E-state index contributed by atoms with van der Waals surface area (Å²) in [4.78, 5) is 42.2. The maximum Gasteiger partial charge on any atom is 0.282 e. The Kier molecular flexibility index (Phi) is 5.61. The highest BCUT2D eigenvalue weighted by Gasteiger charge is 2.23. The van der Waals surface area contributed by atoms with Gasteiger partial charge in [0.15, 0.2) is 5.01 Å². The molecule has 2 aromatic heterocycles. The first-order chi connectivity index (χ1) is 16.0. The first-order valence-corrected chi connectivity index (χ1v) is 11.5. The van der Waals surface area contributed by atoms with E-state index in [4.69, 9.17) is 0 Å². The number of carbonyl (C=O) groups excluding carboxylic acids is 2. The van der Waals surface area contributed by atoms with Gasteiger partial charge in [-0.15, -0.1) is 11.3 Å². The number of rotatable bonds is 4. The Hall–Kier alpha value is -3.63. The van der Waals surface area contributed by atoms with Crippen LogP contribution < -0.4 is 10.6 Å². The molecule has 3 heterocycles. The van der Waals surface area contributed by atoms with Crippen LogP contribution in [0.15, 0.2) is 42.6 Å². The quantitative estimate of drug-likeness (QED) is 0.480. The predicted octanol–water partition coefficient (Wildman–Crippen LogP) is 3.33. The largest absolute Gasteiger partial charge is 0.334 e. The molecule has 10 heteroatoms. The number of nitrogens with zero attached hydrogens (tertiary/aromatic N) is 5. The minimum absolute atomic E-state index is 0.0281. The highest BCUT2D eigenvalue weighted by Crippen LogP contribution is 2.30. The second-order valence-electron chi connectivity index (χ2n) is 8.05. The van der Waals surface area contributed by atoms with Crippen LogP contribution in [0.5, 0.6) is 0 Å². The normalized spacial score (nSPS) is 14.5. The molecule has 0 bridgehead atoms. The number of piperazine rings is 1. The van der Waals surface area contributed by atoms with Crippen LogP contribution in [0.4, 0.5) is 17.3 Å². The van der Waals surface area contributed by atoms with Crippen molar-refractivity contribution in [1.82, 2.24) is 24.8 Å². The van der Waals surface area contributed by atoms with Crippen LogP contribution in [-0.4, -0.2) is 69.8 Å². The molecule has 0 aliphatic carbocycles. The minimum Gasteiger partial charge on any atom is -0.334 e. The zero-order chi connectivity index (χ0) is 22.9. The van der Waals surface area contributed by atoms with Crippen LogP contribution in [-0.2, 0) is 4.79 Å². The number of thiazole rings is 1. The molecule has 1 aliphatic heterocycles. The number of amides is 2. The van der Waals surface area contributed by atoms with Crippen LogP contribution in [0.3, 0.4) is 0 Å². The van der Waals surface area contributed by atoms with Crippen molar-refractivity contribution < 1.29 is 9.59 Å². The molecule has 1 saturated heterocycles. The van der Waals surface area contributed by atoms with Crippen LogP contribution in [0.2, 0.25) is 0 Å². The summed E-state index contributed by atoms with van der Waals surface area (Å²) in [5.41, 5.74) is 2.82. The number of benzene rings is 2. The van der Waals surface area contributed by atoms with Gasteiger partial charge in [-0.1, -0.05) is 6.07 Å². The third-order valence-corrected chi connectivity index (χ3v) is 6.53. The van der Waals surface area contributed by atoms with E-state index in [1.807, 2.05) is 41.3 Å². The van der Waals surface area contributed by atoms with Crippen molar-refractivity contribution in [2.45, 2.75) is 6.92 Å². The number of nitrogens with one attached hydrogen (secondary N) is 2. The number of hydrogen-bond acceptors (Lipinski definition) is 8. The van der Waals surface area contributed by atoms with Gasteiger partial charge < -0.3 is 20.4 Å². The van der Waals surface area contributed by atoms with Crippen LogP contribution in [0.25, 0.3) is 21.1 Å². The lowest BCUT2D eigenvalue weighted by Crippen LogP contribution is -2.47. The molecule has 2 N–H and O–H groups in total. The Morgan fingerprint density at radius 2 is 1.79 bits per heavy atom. The van der Waals surface area contributed by atoms with Gasteiger partial charge in [-0.25, -0.2) is 15.0 Å². The number of aromatic nitrogens is 3. The SMILES string of the molecule is CC(=O)Nc1cccc(Nc2ncc3ccc4sc(C(=O)N5CCN(C)CC5)nc4c3n2)c1. The monoisotopic (exact) mass is 461 g/mol.